The average molecular weight is 178 g/mol. The maximum Gasteiger partial charge on any atom is 0.167 e. The lowest BCUT2D eigenvalue weighted by atomic mass is 9.89. The van der Waals surface area contributed by atoms with Crippen molar-refractivity contribution in [2.45, 2.75) is 38.0 Å². The highest BCUT2D eigenvalue weighted by Gasteiger charge is 2.17. The number of carbonyl (C=O) groups is 1. The molecule has 0 aromatic carbocycles. The lowest BCUT2D eigenvalue weighted by Crippen LogP contribution is -2.06. The first-order valence-corrected chi connectivity index (χ1v) is 4.90. The van der Waals surface area contributed by atoms with Gasteiger partial charge in [0, 0.05) is 5.92 Å². The van der Waals surface area contributed by atoms with Crippen molar-refractivity contribution < 1.29 is 4.79 Å². The van der Waals surface area contributed by atoms with E-state index in [1.807, 2.05) is 0 Å². The predicted octanol–water partition coefficient (Wildman–Crippen LogP) is 2.27. The molecule has 0 atom stereocenters. The maximum absolute atomic E-state index is 10.4. The van der Waals surface area contributed by atoms with Gasteiger partial charge in [0.2, 0.25) is 0 Å². The monoisotopic (exact) mass is 178 g/mol. The molecular weight excluding hydrogens is 164 g/mol. The molecule has 1 aromatic rings. The van der Waals surface area contributed by atoms with Crippen molar-refractivity contribution in [2.75, 3.05) is 0 Å². The highest BCUT2D eigenvalue weighted by molar-refractivity contribution is 5.71. The Morgan fingerprint density at radius 1 is 1.38 bits per heavy atom. The Kier molecular flexibility index (Phi) is 2.43. The summed E-state index contributed by atoms with van der Waals surface area (Å²) < 4.78 is 0. The minimum Gasteiger partial charge on any atom is -0.340 e. The zero-order chi connectivity index (χ0) is 9.10. The van der Waals surface area contributed by atoms with Crippen LogP contribution in [-0.2, 0) is 0 Å². The zero-order valence-corrected chi connectivity index (χ0v) is 7.62. The summed E-state index contributed by atoms with van der Waals surface area (Å²) in [6.07, 6.45) is 8.80. The summed E-state index contributed by atoms with van der Waals surface area (Å²) in [5.74, 6) is 1.56. The fourth-order valence-electron chi connectivity index (χ4n) is 1.99. The summed E-state index contributed by atoms with van der Waals surface area (Å²) in [4.78, 5) is 17.7. The number of aromatic amines is 1. The maximum atomic E-state index is 10.4. The van der Waals surface area contributed by atoms with Gasteiger partial charge in [-0.05, 0) is 12.8 Å². The van der Waals surface area contributed by atoms with Gasteiger partial charge in [-0.25, -0.2) is 4.98 Å². The van der Waals surface area contributed by atoms with Crippen LogP contribution in [0.1, 0.15) is 54.3 Å². The van der Waals surface area contributed by atoms with E-state index in [0.29, 0.717) is 11.6 Å². The fourth-order valence-corrected chi connectivity index (χ4v) is 1.99. The van der Waals surface area contributed by atoms with E-state index >= 15 is 0 Å². The van der Waals surface area contributed by atoms with Gasteiger partial charge in [-0.2, -0.15) is 0 Å². The van der Waals surface area contributed by atoms with Gasteiger partial charge in [0.15, 0.2) is 6.29 Å². The van der Waals surface area contributed by atoms with E-state index in [1.54, 1.807) is 6.20 Å². The first-order chi connectivity index (χ1) is 6.40. The van der Waals surface area contributed by atoms with Crippen LogP contribution in [0.3, 0.4) is 0 Å². The van der Waals surface area contributed by atoms with Gasteiger partial charge >= 0.3 is 0 Å². The van der Waals surface area contributed by atoms with Crippen LogP contribution in [0.2, 0.25) is 0 Å². The minimum absolute atomic E-state index is 0.558. The Morgan fingerprint density at radius 2 is 2.15 bits per heavy atom. The van der Waals surface area contributed by atoms with Gasteiger partial charge in [-0.3, -0.25) is 4.79 Å². The van der Waals surface area contributed by atoms with Crippen molar-refractivity contribution >= 4 is 6.29 Å². The molecule has 1 aliphatic carbocycles. The molecule has 0 spiro atoms. The smallest absolute Gasteiger partial charge is 0.167 e. The summed E-state index contributed by atoms with van der Waals surface area (Å²) in [7, 11) is 0. The number of aromatic nitrogens is 2. The molecule has 1 heterocycles. The molecule has 1 aromatic heterocycles. The topological polar surface area (TPSA) is 45.8 Å². The number of hydrogen-bond acceptors (Lipinski definition) is 2. The van der Waals surface area contributed by atoms with Gasteiger partial charge < -0.3 is 4.98 Å². The molecule has 0 amide bonds. The number of hydrogen-bond donors (Lipinski definition) is 1. The normalized spacial score (nSPS) is 18.8. The minimum atomic E-state index is 0.558. The molecular formula is C10H14N2O. The average Bonchev–Trinajstić information content (AvgIpc) is 2.67. The standard InChI is InChI=1S/C10H14N2O/c13-7-9-6-11-10(12-9)8-4-2-1-3-5-8/h6-8H,1-5H2,(H,11,12). The van der Waals surface area contributed by atoms with E-state index in [9.17, 15) is 4.79 Å². The second-order valence-corrected chi connectivity index (χ2v) is 3.68. The summed E-state index contributed by atoms with van der Waals surface area (Å²) in [6, 6.07) is 0. The Hall–Kier alpha value is -1.12. The lowest BCUT2D eigenvalue weighted by molar-refractivity contribution is 0.111. The molecule has 3 heteroatoms. The second kappa shape index (κ2) is 3.73. The molecule has 0 radical (unpaired) electrons. The van der Waals surface area contributed by atoms with E-state index in [-0.39, 0.29) is 0 Å². The molecule has 70 valence electrons. The van der Waals surface area contributed by atoms with Crippen LogP contribution >= 0.6 is 0 Å². The molecule has 13 heavy (non-hydrogen) atoms. The number of rotatable bonds is 2. The van der Waals surface area contributed by atoms with E-state index in [4.69, 9.17) is 0 Å². The molecule has 1 N–H and O–H groups in total. The van der Waals surface area contributed by atoms with Crippen molar-refractivity contribution in [3.8, 4) is 0 Å². The zero-order valence-electron chi connectivity index (χ0n) is 7.62. The third kappa shape index (κ3) is 1.79. The summed E-state index contributed by atoms with van der Waals surface area (Å²) in [5, 5.41) is 0. The van der Waals surface area contributed by atoms with Gasteiger partial charge in [-0.1, -0.05) is 19.3 Å². The highest BCUT2D eigenvalue weighted by atomic mass is 16.1. The van der Waals surface area contributed by atoms with Crippen LogP contribution in [0.4, 0.5) is 0 Å². The Labute approximate surface area is 77.6 Å². The Morgan fingerprint density at radius 3 is 2.77 bits per heavy atom. The van der Waals surface area contributed by atoms with Crippen LogP contribution in [0.25, 0.3) is 0 Å². The summed E-state index contributed by atoms with van der Waals surface area (Å²) in [5.41, 5.74) is 0.598. The number of aldehydes is 1. The quantitative estimate of drug-likeness (QED) is 0.706. The van der Waals surface area contributed by atoms with Crippen LogP contribution in [-0.4, -0.2) is 16.3 Å². The molecule has 2 rings (SSSR count). The molecule has 0 unspecified atom stereocenters. The molecule has 1 aliphatic rings. The van der Waals surface area contributed by atoms with Crippen molar-refractivity contribution in [1.29, 1.82) is 0 Å². The van der Waals surface area contributed by atoms with Gasteiger partial charge in [0.1, 0.15) is 5.82 Å². The van der Waals surface area contributed by atoms with E-state index in [0.717, 1.165) is 12.1 Å². The molecule has 0 aliphatic heterocycles. The van der Waals surface area contributed by atoms with Crippen molar-refractivity contribution in [3.05, 3.63) is 17.7 Å². The SMILES string of the molecule is O=Cc1cnc(C2CCCCC2)[nH]1. The molecule has 0 saturated heterocycles. The van der Waals surface area contributed by atoms with Crippen molar-refractivity contribution in [3.63, 3.8) is 0 Å². The van der Waals surface area contributed by atoms with Gasteiger partial charge in [-0.15, -0.1) is 0 Å². The molecule has 0 bridgehead atoms. The Bertz CT molecular complexity index is 287. The van der Waals surface area contributed by atoms with Crippen LogP contribution in [0, 0.1) is 0 Å². The molecule has 3 nitrogen and oxygen atoms in total. The van der Waals surface area contributed by atoms with Crippen LogP contribution in [0.5, 0.6) is 0 Å². The highest BCUT2D eigenvalue weighted by Crippen LogP contribution is 2.30. The van der Waals surface area contributed by atoms with Gasteiger partial charge in [0.25, 0.3) is 0 Å². The number of H-pyrrole nitrogens is 1. The predicted molar refractivity (Wildman–Crippen MR) is 49.8 cm³/mol. The third-order valence-corrected chi connectivity index (χ3v) is 2.73. The first-order valence-electron chi connectivity index (χ1n) is 4.90. The second-order valence-electron chi connectivity index (χ2n) is 3.68. The first kappa shape index (κ1) is 8.48. The largest absolute Gasteiger partial charge is 0.340 e. The van der Waals surface area contributed by atoms with E-state index in [1.165, 1.54) is 32.1 Å². The Balaban J connectivity index is 2.09. The number of carbonyl (C=O) groups excluding carboxylic acids is 1. The van der Waals surface area contributed by atoms with E-state index < -0.39 is 0 Å². The number of imidazole rings is 1. The van der Waals surface area contributed by atoms with Crippen LogP contribution < -0.4 is 0 Å². The third-order valence-electron chi connectivity index (χ3n) is 2.73. The summed E-state index contributed by atoms with van der Waals surface area (Å²) >= 11 is 0. The fraction of sp³-hybridized carbons (Fsp3) is 0.600. The number of nitrogens with one attached hydrogen (secondary N) is 1. The van der Waals surface area contributed by atoms with Crippen molar-refractivity contribution in [1.82, 2.24) is 9.97 Å². The van der Waals surface area contributed by atoms with E-state index in [2.05, 4.69) is 9.97 Å². The number of nitrogens with zero attached hydrogens (tertiary/aromatic N) is 1. The van der Waals surface area contributed by atoms with Gasteiger partial charge in [0.05, 0.1) is 11.9 Å². The summed E-state index contributed by atoms with van der Waals surface area (Å²) in [6.45, 7) is 0. The lowest BCUT2D eigenvalue weighted by Gasteiger charge is -2.18. The molecule has 1 saturated carbocycles. The van der Waals surface area contributed by atoms with Crippen molar-refractivity contribution in [2.24, 2.45) is 0 Å². The van der Waals surface area contributed by atoms with Crippen LogP contribution in [0.15, 0.2) is 6.20 Å². The molecule has 1 fully saturated rings.